The molecule has 0 atom stereocenters. The van der Waals surface area contributed by atoms with Crippen LogP contribution in [0.1, 0.15) is 11.3 Å². The van der Waals surface area contributed by atoms with Gasteiger partial charge in [0.15, 0.2) is 0 Å². The zero-order valence-corrected chi connectivity index (χ0v) is 5.68. The zero-order valence-electron chi connectivity index (χ0n) is 5.68. The molecule has 0 saturated heterocycles. The van der Waals surface area contributed by atoms with Crippen molar-refractivity contribution in [2.45, 2.75) is 6.42 Å². The van der Waals surface area contributed by atoms with E-state index in [9.17, 15) is 9.59 Å². The number of fused-ring (bicyclic) bond motifs is 1. The summed E-state index contributed by atoms with van der Waals surface area (Å²) >= 11 is 0. The van der Waals surface area contributed by atoms with E-state index in [1.165, 1.54) is 0 Å². The molecule has 1 aliphatic carbocycles. The van der Waals surface area contributed by atoms with E-state index in [0.29, 0.717) is 17.7 Å². The van der Waals surface area contributed by atoms with Gasteiger partial charge in [0, 0.05) is 12.1 Å². The van der Waals surface area contributed by atoms with Crippen molar-refractivity contribution in [3.05, 3.63) is 38.2 Å². The Morgan fingerprint density at radius 1 is 1.27 bits per heavy atom. The van der Waals surface area contributed by atoms with Gasteiger partial charge >= 0.3 is 5.69 Å². The van der Waals surface area contributed by atoms with E-state index in [1.807, 2.05) is 6.08 Å². The van der Waals surface area contributed by atoms with Crippen molar-refractivity contribution in [1.82, 2.24) is 9.97 Å². The van der Waals surface area contributed by atoms with Crippen LogP contribution < -0.4 is 11.2 Å². The van der Waals surface area contributed by atoms with Crippen molar-refractivity contribution in [3.8, 4) is 0 Å². The molecule has 0 aromatic carbocycles. The number of aromatic nitrogens is 2. The van der Waals surface area contributed by atoms with Crippen LogP contribution in [-0.4, -0.2) is 9.97 Å². The van der Waals surface area contributed by atoms with E-state index in [4.69, 9.17) is 0 Å². The first-order valence-electron chi connectivity index (χ1n) is 3.29. The zero-order chi connectivity index (χ0) is 7.84. The molecule has 2 rings (SSSR count). The molecule has 1 aliphatic rings. The summed E-state index contributed by atoms with van der Waals surface area (Å²) in [4.78, 5) is 26.4. The molecule has 0 fully saturated rings. The Labute approximate surface area is 61.6 Å². The van der Waals surface area contributed by atoms with E-state index in [0.717, 1.165) is 0 Å². The van der Waals surface area contributed by atoms with Gasteiger partial charge in [0.1, 0.15) is 0 Å². The van der Waals surface area contributed by atoms with Crippen molar-refractivity contribution in [2.24, 2.45) is 0 Å². The summed E-state index contributed by atoms with van der Waals surface area (Å²) in [7, 11) is 0. The highest BCUT2D eigenvalue weighted by atomic mass is 16.2. The molecular weight excluding hydrogens is 144 g/mol. The fraction of sp³-hybridized carbons (Fsp3) is 0.143. The van der Waals surface area contributed by atoms with Crippen molar-refractivity contribution < 1.29 is 0 Å². The average Bonchev–Trinajstić information content (AvgIpc) is 2.34. The molecule has 56 valence electrons. The number of nitrogens with one attached hydrogen (secondary N) is 2. The van der Waals surface area contributed by atoms with Gasteiger partial charge in [-0.25, -0.2) is 4.79 Å². The lowest BCUT2D eigenvalue weighted by atomic mass is 10.3. The fourth-order valence-electron chi connectivity index (χ4n) is 1.18. The molecule has 4 heteroatoms. The second-order valence-electron chi connectivity index (χ2n) is 2.41. The quantitative estimate of drug-likeness (QED) is 0.530. The van der Waals surface area contributed by atoms with Gasteiger partial charge in [-0.15, -0.1) is 0 Å². The summed E-state index contributed by atoms with van der Waals surface area (Å²) in [6, 6.07) is 0. The maximum absolute atomic E-state index is 11.0. The van der Waals surface area contributed by atoms with Gasteiger partial charge in [-0.1, -0.05) is 12.2 Å². The maximum atomic E-state index is 11.0. The molecule has 2 N–H and O–H groups in total. The fourth-order valence-corrected chi connectivity index (χ4v) is 1.18. The first kappa shape index (κ1) is 6.15. The lowest BCUT2D eigenvalue weighted by Gasteiger charge is -1.93. The standard InChI is InChI=1S/C7H6N2O2/c10-6-4-2-1-3-5(4)8-7(11)9-6/h1-2H,3H2,(H2,8,9,10,11). The van der Waals surface area contributed by atoms with Crippen LogP contribution in [0.4, 0.5) is 0 Å². The Balaban J connectivity index is 2.87. The van der Waals surface area contributed by atoms with Gasteiger partial charge in [0.05, 0.1) is 5.56 Å². The van der Waals surface area contributed by atoms with Crippen molar-refractivity contribution in [3.63, 3.8) is 0 Å². The van der Waals surface area contributed by atoms with Gasteiger partial charge in [-0.05, 0) is 0 Å². The number of hydrogen-bond donors (Lipinski definition) is 2. The molecule has 0 spiro atoms. The van der Waals surface area contributed by atoms with E-state index in [1.54, 1.807) is 6.08 Å². The van der Waals surface area contributed by atoms with Crippen molar-refractivity contribution >= 4 is 6.08 Å². The van der Waals surface area contributed by atoms with E-state index < -0.39 is 5.69 Å². The number of allylic oxidation sites excluding steroid dienone is 1. The van der Waals surface area contributed by atoms with Crippen LogP contribution in [0.25, 0.3) is 6.08 Å². The normalized spacial score (nSPS) is 13.5. The smallest absolute Gasteiger partial charge is 0.310 e. The minimum Gasteiger partial charge on any atom is -0.310 e. The third-order valence-corrected chi connectivity index (χ3v) is 1.67. The summed E-state index contributed by atoms with van der Waals surface area (Å²) in [5.41, 5.74) is 0.540. The number of aromatic amines is 2. The predicted octanol–water partition coefficient (Wildman–Crippen LogP) is -0.368. The molecule has 0 saturated carbocycles. The van der Waals surface area contributed by atoms with Crippen LogP contribution in [0.15, 0.2) is 15.7 Å². The number of hydrogen-bond acceptors (Lipinski definition) is 2. The first-order chi connectivity index (χ1) is 5.27. The van der Waals surface area contributed by atoms with Gasteiger partial charge in [-0.3, -0.25) is 9.78 Å². The summed E-state index contributed by atoms with van der Waals surface area (Å²) in [5.74, 6) is 0. The molecule has 0 aliphatic heterocycles. The Hall–Kier alpha value is -1.58. The predicted molar refractivity (Wildman–Crippen MR) is 40.4 cm³/mol. The van der Waals surface area contributed by atoms with Gasteiger partial charge in [0.2, 0.25) is 0 Å². The van der Waals surface area contributed by atoms with Gasteiger partial charge < -0.3 is 4.98 Å². The van der Waals surface area contributed by atoms with E-state index >= 15 is 0 Å². The number of H-pyrrole nitrogens is 2. The Morgan fingerprint density at radius 3 is 2.91 bits per heavy atom. The second kappa shape index (κ2) is 1.95. The summed E-state index contributed by atoms with van der Waals surface area (Å²) in [6.07, 6.45) is 4.20. The molecule has 1 aromatic heterocycles. The topological polar surface area (TPSA) is 65.7 Å². The SMILES string of the molecule is O=c1[nH]c2c(c(=O)[nH]1)C=CC2. The third kappa shape index (κ3) is 0.832. The third-order valence-electron chi connectivity index (χ3n) is 1.67. The van der Waals surface area contributed by atoms with Gasteiger partial charge in [-0.2, -0.15) is 0 Å². The lowest BCUT2D eigenvalue weighted by Crippen LogP contribution is -2.25. The lowest BCUT2D eigenvalue weighted by molar-refractivity contribution is 0.971. The number of rotatable bonds is 0. The van der Waals surface area contributed by atoms with Crippen molar-refractivity contribution in [1.29, 1.82) is 0 Å². The Kier molecular flexibility index (Phi) is 1.09. The van der Waals surface area contributed by atoms with E-state index in [-0.39, 0.29) is 5.56 Å². The minimum absolute atomic E-state index is 0.308. The molecular formula is C7H6N2O2. The Bertz CT molecular complexity index is 425. The molecule has 1 aromatic rings. The highest BCUT2D eigenvalue weighted by Crippen LogP contribution is 2.09. The molecule has 11 heavy (non-hydrogen) atoms. The minimum atomic E-state index is -0.433. The maximum Gasteiger partial charge on any atom is 0.325 e. The molecule has 0 amide bonds. The largest absolute Gasteiger partial charge is 0.325 e. The van der Waals surface area contributed by atoms with Crippen LogP contribution in [-0.2, 0) is 6.42 Å². The molecule has 0 bridgehead atoms. The van der Waals surface area contributed by atoms with Crippen LogP contribution in [0, 0.1) is 0 Å². The van der Waals surface area contributed by atoms with Crippen LogP contribution in [0.5, 0.6) is 0 Å². The molecule has 4 nitrogen and oxygen atoms in total. The molecule has 0 radical (unpaired) electrons. The first-order valence-corrected chi connectivity index (χ1v) is 3.29. The summed E-state index contributed by atoms with van der Waals surface area (Å²) in [5, 5.41) is 0. The highest BCUT2D eigenvalue weighted by molar-refractivity contribution is 5.56. The van der Waals surface area contributed by atoms with Crippen LogP contribution in [0.3, 0.4) is 0 Å². The molecule has 0 unspecified atom stereocenters. The average molecular weight is 150 g/mol. The second-order valence-corrected chi connectivity index (χ2v) is 2.41. The Morgan fingerprint density at radius 2 is 2.09 bits per heavy atom. The molecule has 1 heterocycles. The van der Waals surface area contributed by atoms with Crippen LogP contribution in [0.2, 0.25) is 0 Å². The van der Waals surface area contributed by atoms with Crippen molar-refractivity contribution in [2.75, 3.05) is 0 Å². The summed E-state index contributed by atoms with van der Waals surface area (Å²) in [6.45, 7) is 0. The van der Waals surface area contributed by atoms with Gasteiger partial charge in [0.25, 0.3) is 5.56 Å². The van der Waals surface area contributed by atoms with E-state index in [2.05, 4.69) is 9.97 Å². The highest BCUT2D eigenvalue weighted by Gasteiger charge is 2.08. The summed E-state index contributed by atoms with van der Waals surface area (Å²) < 4.78 is 0. The van der Waals surface area contributed by atoms with Crippen LogP contribution >= 0.6 is 0 Å². The monoisotopic (exact) mass is 150 g/mol.